The van der Waals surface area contributed by atoms with Crippen molar-refractivity contribution in [1.82, 2.24) is 9.80 Å². The topological polar surface area (TPSA) is 6.48 Å². The fraction of sp³-hybridized carbons (Fsp3) is 0.882. The molecule has 1 saturated heterocycles. The van der Waals surface area contributed by atoms with Gasteiger partial charge in [0.05, 0.1) is 0 Å². The highest BCUT2D eigenvalue weighted by Crippen LogP contribution is 2.59. The van der Waals surface area contributed by atoms with Crippen molar-refractivity contribution in [3.63, 3.8) is 0 Å². The summed E-state index contributed by atoms with van der Waals surface area (Å²) >= 11 is 0. The highest BCUT2D eigenvalue weighted by Gasteiger charge is 2.51. The van der Waals surface area contributed by atoms with Gasteiger partial charge in [-0.2, -0.15) is 0 Å². The van der Waals surface area contributed by atoms with Crippen molar-refractivity contribution >= 4 is 0 Å². The lowest BCUT2D eigenvalue weighted by molar-refractivity contribution is -0.0118. The molecule has 0 aromatic heterocycles. The monoisotopic (exact) mass is 262 g/mol. The molecule has 0 unspecified atom stereocenters. The zero-order chi connectivity index (χ0) is 13.6. The van der Waals surface area contributed by atoms with Crippen LogP contribution in [0.5, 0.6) is 0 Å². The summed E-state index contributed by atoms with van der Waals surface area (Å²) in [5.74, 6) is 1.84. The predicted octanol–water partition coefficient (Wildman–Crippen LogP) is 3.00. The Morgan fingerprint density at radius 2 is 2.00 bits per heavy atom. The van der Waals surface area contributed by atoms with Crippen molar-refractivity contribution in [3.05, 3.63) is 11.6 Å². The quantitative estimate of drug-likeness (QED) is 0.721. The Balaban J connectivity index is 1.58. The average molecular weight is 262 g/mol. The van der Waals surface area contributed by atoms with Gasteiger partial charge in [-0.1, -0.05) is 25.5 Å². The number of piperidine rings is 1. The van der Waals surface area contributed by atoms with Gasteiger partial charge >= 0.3 is 0 Å². The molecule has 4 rings (SSSR count). The minimum Gasteiger partial charge on any atom is -0.306 e. The van der Waals surface area contributed by atoms with Crippen LogP contribution in [-0.4, -0.2) is 49.6 Å². The maximum absolute atomic E-state index is 2.63. The molecule has 0 aromatic rings. The highest BCUT2D eigenvalue weighted by molar-refractivity contribution is 5.24. The molecule has 0 radical (unpaired) electrons. The lowest BCUT2D eigenvalue weighted by Gasteiger charge is -2.57. The van der Waals surface area contributed by atoms with E-state index in [1.54, 1.807) is 5.57 Å². The molecule has 2 atom stereocenters. The maximum Gasteiger partial charge on any atom is 0.0195 e. The van der Waals surface area contributed by atoms with Crippen molar-refractivity contribution in [2.24, 2.45) is 17.3 Å². The summed E-state index contributed by atoms with van der Waals surface area (Å²) in [6.07, 6.45) is 8.05. The Bertz CT molecular complexity index is 363. The first-order valence-corrected chi connectivity index (χ1v) is 8.06. The third-order valence-corrected chi connectivity index (χ3v) is 6.33. The zero-order valence-electron chi connectivity index (χ0n) is 13.2. The van der Waals surface area contributed by atoms with Crippen molar-refractivity contribution in [2.45, 2.75) is 45.6 Å². The molecule has 0 amide bonds. The van der Waals surface area contributed by atoms with Gasteiger partial charge in [0.2, 0.25) is 0 Å². The Morgan fingerprint density at radius 3 is 2.58 bits per heavy atom. The molecule has 2 heteroatoms. The molecule has 0 aromatic carbocycles. The molecular weight excluding hydrogens is 232 g/mol. The summed E-state index contributed by atoms with van der Waals surface area (Å²) in [5.41, 5.74) is 2.33. The van der Waals surface area contributed by atoms with Gasteiger partial charge in [0.1, 0.15) is 0 Å². The first kappa shape index (κ1) is 13.6. The number of rotatable bonds is 3. The molecule has 2 nitrogen and oxygen atoms in total. The third kappa shape index (κ3) is 2.38. The first-order valence-electron chi connectivity index (χ1n) is 8.06. The van der Waals surface area contributed by atoms with Crippen molar-refractivity contribution in [2.75, 3.05) is 33.7 Å². The summed E-state index contributed by atoms with van der Waals surface area (Å²) in [7, 11) is 4.59. The van der Waals surface area contributed by atoms with Crippen LogP contribution >= 0.6 is 0 Å². The van der Waals surface area contributed by atoms with E-state index in [4.69, 9.17) is 0 Å². The van der Waals surface area contributed by atoms with E-state index < -0.39 is 0 Å². The molecule has 0 spiro atoms. The molecule has 108 valence electrons. The molecule has 3 aliphatic carbocycles. The van der Waals surface area contributed by atoms with Crippen LogP contribution < -0.4 is 0 Å². The van der Waals surface area contributed by atoms with Crippen LogP contribution in [-0.2, 0) is 0 Å². The Hall–Kier alpha value is -0.340. The van der Waals surface area contributed by atoms with Crippen LogP contribution in [0, 0.1) is 17.3 Å². The molecular formula is C17H30N2. The summed E-state index contributed by atoms with van der Waals surface area (Å²) in [5, 5.41) is 0. The van der Waals surface area contributed by atoms with Gasteiger partial charge in [-0.25, -0.2) is 0 Å². The molecule has 1 heterocycles. The number of likely N-dealkylation sites (tertiary alicyclic amines) is 1. The number of fused-ring (bicyclic) bond motifs is 1. The lowest BCUT2D eigenvalue weighted by atomic mass is 9.49. The summed E-state index contributed by atoms with van der Waals surface area (Å²) in [6.45, 7) is 8.72. The van der Waals surface area contributed by atoms with E-state index in [0.29, 0.717) is 5.41 Å². The highest BCUT2D eigenvalue weighted by atomic mass is 15.2. The van der Waals surface area contributed by atoms with Gasteiger partial charge in [-0.15, -0.1) is 0 Å². The van der Waals surface area contributed by atoms with Gasteiger partial charge in [-0.05, 0) is 70.1 Å². The number of hydrogen-bond acceptors (Lipinski definition) is 2. The van der Waals surface area contributed by atoms with Crippen LogP contribution in [0.4, 0.5) is 0 Å². The Labute approximate surface area is 118 Å². The molecule has 2 bridgehead atoms. The zero-order valence-corrected chi connectivity index (χ0v) is 13.2. The van der Waals surface area contributed by atoms with Crippen LogP contribution in [0.25, 0.3) is 0 Å². The number of allylic oxidation sites excluding steroid dienone is 1. The summed E-state index contributed by atoms with van der Waals surface area (Å²) in [4.78, 5) is 5.09. The Kier molecular flexibility index (Phi) is 3.51. The second-order valence-electron chi connectivity index (χ2n) is 7.77. The van der Waals surface area contributed by atoms with Gasteiger partial charge < -0.3 is 4.90 Å². The first-order chi connectivity index (χ1) is 8.98. The van der Waals surface area contributed by atoms with E-state index in [2.05, 4.69) is 43.8 Å². The van der Waals surface area contributed by atoms with Crippen molar-refractivity contribution < 1.29 is 0 Å². The molecule has 1 aliphatic heterocycles. The maximum atomic E-state index is 2.63. The number of hydrogen-bond donors (Lipinski definition) is 0. The normalized spacial score (nSPS) is 35.1. The van der Waals surface area contributed by atoms with E-state index in [0.717, 1.165) is 17.9 Å². The van der Waals surface area contributed by atoms with Crippen molar-refractivity contribution in [1.29, 1.82) is 0 Å². The lowest BCUT2D eigenvalue weighted by Crippen LogP contribution is -2.50. The summed E-state index contributed by atoms with van der Waals surface area (Å²) < 4.78 is 0. The molecule has 4 aliphatic rings. The fourth-order valence-electron chi connectivity index (χ4n) is 4.51. The van der Waals surface area contributed by atoms with Crippen LogP contribution in [0.15, 0.2) is 11.6 Å². The van der Waals surface area contributed by atoms with E-state index in [-0.39, 0.29) is 0 Å². The van der Waals surface area contributed by atoms with Gasteiger partial charge in [0.25, 0.3) is 0 Å². The summed E-state index contributed by atoms with van der Waals surface area (Å²) in [6, 6.07) is 0.804. The van der Waals surface area contributed by atoms with Gasteiger partial charge in [0.15, 0.2) is 0 Å². The SMILES string of the molecule is CN1CCC(N(C)CC2=CC[C@@H]3C[C@H]2C3(C)C)CC1. The minimum atomic E-state index is 0.581. The van der Waals surface area contributed by atoms with E-state index in [1.165, 1.54) is 45.3 Å². The van der Waals surface area contributed by atoms with Crippen LogP contribution in [0.3, 0.4) is 0 Å². The number of likely N-dealkylation sites (N-methyl/N-ethyl adjacent to an activating group) is 1. The number of nitrogens with zero attached hydrogens (tertiary/aromatic N) is 2. The smallest absolute Gasteiger partial charge is 0.0195 e. The standard InChI is InChI=1S/C17H30N2/c1-17(2)14-6-5-13(16(17)11-14)12-19(4)15-7-9-18(3)10-8-15/h5,14-16H,6-12H2,1-4H3/t14-,16-/m1/s1. The molecule has 19 heavy (non-hydrogen) atoms. The fourth-order valence-corrected chi connectivity index (χ4v) is 4.51. The third-order valence-electron chi connectivity index (χ3n) is 6.33. The second-order valence-corrected chi connectivity index (χ2v) is 7.77. The molecule has 1 saturated carbocycles. The van der Waals surface area contributed by atoms with Gasteiger partial charge in [0, 0.05) is 12.6 Å². The average Bonchev–Trinajstić information content (AvgIpc) is 2.39. The second kappa shape index (κ2) is 4.89. The molecule has 0 N–H and O–H groups in total. The minimum absolute atomic E-state index is 0.581. The van der Waals surface area contributed by atoms with Crippen LogP contribution in [0.1, 0.15) is 39.5 Å². The largest absolute Gasteiger partial charge is 0.306 e. The van der Waals surface area contributed by atoms with Crippen molar-refractivity contribution in [3.8, 4) is 0 Å². The van der Waals surface area contributed by atoms with E-state index in [9.17, 15) is 0 Å². The van der Waals surface area contributed by atoms with E-state index in [1.807, 2.05) is 0 Å². The van der Waals surface area contributed by atoms with Crippen LogP contribution in [0.2, 0.25) is 0 Å². The predicted molar refractivity (Wildman–Crippen MR) is 81.2 cm³/mol. The Morgan fingerprint density at radius 1 is 1.32 bits per heavy atom. The van der Waals surface area contributed by atoms with E-state index >= 15 is 0 Å². The van der Waals surface area contributed by atoms with Gasteiger partial charge in [-0.3, -0.25) is 4.90 Å². The molecule has 2 fully saturated rings.